The molecule has 0 radical (unpaired) electrons. The van der Waals surface area contributed by atoms with Crippen molar-refractivity contribution in [2.75, 3.05) is 0 Å². The Morgan fingerprint density at radius 3 is 2.67 bits per heavy atom. The maximum Gasteiger partial charge on any atom is 0.0512 e. The number of rotatable bonds is 4. The van der Waals surface area contributed by atoms with Crippen LogP contribution in [0.3, 0.4) is 0 Å². The number of hydrogen-bond donors (Lipinski definition) is 2. The Bertz CT molecular complexity index is 88.9. The quantitative estimate of drug-likeness (QED) is 0.595. The number of hydrogen-bond acceptors (Lipinski definition) is 2. The molecule has 0 unspecified atom stereocenters. The van der Waals surface area contributed by atoms with Crippen molar-refractivity contribution >= 4 is 0 Å². The Labute approximate surface area is 56.4 Å². The van der Waals surface area contributed by atoms with E-state index in [1.807, 2.05) is 0 Å². The Morgan fingerprint density at radius 2 is 2.33 bits per heavy atom. The van der Waals surface area contributed by atoms with Crippen molar-refractivity contribution in [2.24, 2.45) is 5.73 Å². The van der Waals surface area contributed by atoms with Gasteiger partial charge in [0.15, 0.2) is 0 Å². The van der Waals surface area contributed by atoms with E-state index in [0.29, 0.717) is 5.70 Å². The van der Waals surface area contributed by atoms with Crippen molar-refractivity contribution in [3.05, 3.63) is 12.3 Å². The molecule has 2 heteroatoms. The summed E-state index contributed by atoms with van der Waals surface area (Å²) in [5.41, 5.74) is 6.01. The standard InChI is InChI=1S/C7H15NO/c1-6(8)4-3-5-7(2)9/h7,9H,1,3-5,8H2,2H3/t7-/m0/s1. The van der Waals surface area contributed by atoms with Gasteiger partial charge in [0.2, 0.25) is 0 Å². The van der Waals surface area contributed by atoms with Crippen LogP contribution >= 0.6 is 0 Å². The van der Waals surface area contributed by atoms with Crippen molar-refractivity contribution in [3.8, 4) is 0 Å². The number of allylic oxidation sites excluding steroid dienone is 1. The van der Waals surface area contributed by atoms with E-state index < -0.39 is 0 Å². The van der Waals surface area contributed by atoms with Crippen molar-refractivity contribution in [2.45, 2.75) is 32.3 Å². The van der Waals surface area contributed by atoms with Crippen LogP contribution in [0, 0.1) is 0 Å². The fourth-order valence-electron chi connectivity index (χ4n) is 0.625. The number of nitrogens with two attached hydrogens (primary N) is 1. The summed E-state index contributed by atoms with van der Waals surface area (Å²) in [6.45, 7) is 5.33. The molecule has 0 saturated carbocycles. The average molecular weight is 129 g/mol. The number of aliphatic hydroxyl groups excluding tert-OH is 1. The fourth-order valence-corrected chi connectivity index (χ4v) is 0.625. The van der Waals surface area contributed by atoms with E-state index in [-0.39, 0.29) is 6.10 Å². The summed E-state index contributed by atoms with van der Waals surface area (Å²) >= 11 is 0. The Balaban J connectivity index is 3.01. The first-order valence-corrected chi connectivity index (χ1v) is 3.24. The molecule has 0 aliphatic carbocycles. The lowest BCUT2D eigenvalue weighted by Gasteiger charge is -2.01. The predicted molar refractivity (Wildman–Crippen MR) is 38.9 cm³/mol. The van der Waals surface area contributed by atoms with Crippen molar-refractivity contribution in [1.82, 2.24) is 0 Å². The molecule has 1 atom stereocenters. The molecular weight excluding hydrogens is 114 g/mol. The van der Waals surface area contributed by atoms with E-state index in [4.69, 9.17) is 10.8 Å². The highest BCUT2D eigenvalue weighted by atomic mass is 16.3. The molecule has 3 N–H and O–H groups in total. The van der Waals surface area contributed by atoms with Gasteiger partial charge in [-0.15, -0.1) is 0 Å². The zero-order chi connectivity index (χ0) is 7.28. The van der Waals surface area contributed by atoms with Crippen LogP contribution in [0.25, 0.3) is 0 Å². The number of aliphatic hydroxyl groups is 1. The molecule has 54 valence electrons. The highest BCUT2D eigenvalue weighted by Gasteiger charge is 1.94. The van der Waals surface area contributed by atoms with E-state index in [9.17, 15) is 0 Å². The molecule has 0 saturated heterocycles. The van der Waals surface area contributed by atoms with Crippen LogP contribution in [-0.2, 0) is 0 Å². The summed E-state index contributed by atoms with van der Waals surface area (Å²) in [5, 5.41) is 8.79. The minimum absolute atomic E-state index is 0.204. The van der Waals surface area contributed by atoms with E-state index in [2.05, 4.69) is 6.58 Å². The van der Waals surface area contributed by atoms with Crippen LogP contribution in [0.1, 0.15) is 26.2 Å². The molecule has 0 heterocycles. The third-order valence-corrected chi connectivity index (χ3v) is 1.12. The van der Waals surface area contributed by atoms with Crippen LogP contribution in [0.2, 0.25) is 0 Å². The highest BCUT2D eigenvalue weighted by Crippen LogP contribution is 2.02. The van der Waals surface area contributed by atoms with Crippen LogP contribution in [0.4, 0.5) is 0 Å². The smallest absolute Gasteiger partial charge is 0.0512 e. The Hall–Kier alpha value is -0.500. The predicted octanol–water partition coefficient (Wildman–Crippen LogP) is 1.01. The van der Waals surface area contributed by atoms with Crippen LogP contribution in [0.5, 0.6) is 0 Å². The second-order valence-electron chi connectivity index (χ2n) is 2.40. The van der Waals surface area contributed by atoms with E-state index in [1.165, 1.54) is 0 Å². The summed E-state index contributed by atoms with van der Waals surface area (Å²) in [5.74, 6) is 0. The van der Waals surface area contributed by atoms with Crippen LogP contribution in [0.15, 0.2) is 12.3 Å². The summed E-state index contributed by atoms with van der Waals surface area (Å²) in [4.78, 5) is 0. The van der Waals surface area contributed by atoms with E-state index >= 15 is 0 Å². The molecule has 0 fully saturated rings. The van der Waals surface area contributed by atoms with Gasteiger partial charge in [0.1, 0.15) is 0 Å². The van der Waals surface area contributed by atoms with Gasteiger partial charge in [-0.3, -0.25) is 0 Å². The maximum absolute atomic E-state index is 8.79. The van der Waals surface area contributed by atoms with Gasteiger partial charge in [0.05, 0.1) is 6.10 Å². The molecule has 0 rings (SSSR count). The van der Waals surface area contributed by atoms with Gasteiger partial charge in [0, 0.05) is 5.70 Å². The molecular formula is C7H15NO. The highest BCUT2D eigenvalue weighted by molar-refractivity contribution is 4.85. The molecule has 0 aromatic rings. The second-order valence-corrected chi connectivity index (χ2v) is 2.40. The van der Waals surface area contributed by atoms with Gasteiger partial charge in [-0.05, 0) is 26.2 Å². The third-order valence-electron chi connectivity index (χ3n) is 1.12. The van der Waals surface area contributed by atoms with Gasteiger partial charge < -0.3 is 10.8 Å². The Morgan fingerprint density at radius 1 is 1.78 bits per heavy atom. The van der Waals surface area contributed by atoms with Crippen molar-refractivity contribution < 1.29 is 5.11 Å². The lowest BCUT2D eigenvalue weighted by atomic mass is 10.1. The van der Waals surface area contributed by atoms with Crippen LogP contribution in [-0.4, -0.2) is 11.2 Å². The van der Waals surface area contributed by atoms with Crippen LogP contribution < -0.4 is 5.73 Å². The molecule has 0 amide bonds. The van der Waals surface area contributed by atoms with Gasteiger partial charge >= 0.3 is 0 Å². The zero-order valence-corrected chi connectivity index (χ0v) is 5.93. The monoisotopic (exact) mass is 129 g/mol. The van der Waals surface area contributed by atoms with Crippen molar-refractivity contribution in [1.29, 1.82) is 0 Å². The molecule has 0 aliphatic rings. The van der Waals surface area contributed by atoms with Gasteiger partial charge in [0.25, 0.3) is 0 Å². The van der Waals surface area contributed by atoms with Gasteiger partial charge in [-0.2, -0.15) is 0 Å². The summed E-state index contributed by atoms with van der Waals surface area (Å²) < 4.78 is 0. The second kappa shape index (κ2) is 4.39. The van der Waals surface area contributed by atoms with Gasteiger partial charge in [-0.1, -0.05) is 6.58 Å². The van der Waals surface area contributed by atoms with E-state index in [1.54, 1.807) is 6.92 Å². The fraction of sp³-hybridized carbons (Fsp3) is 0.714. The Kier molecular flexibility index (Phi) is 4.14. The minimum atomic E-state index is -0.204. The maximum atomic E-state index is 8.79. The molecule has 0 aliphatic heterocycles. The first kappa shape index (κ1) is 8.50. The van der Waals surface area contributed by atoms with Crippen molar-refractivity contribution in [3.63, 3.8) is 0 Å². The minimum Gasteiger partial charge on any atom is -0.403 e. The molecule has 2 nitrogen and oxygen atoms in total. The molecule has 0 spiro atoms. The SMILES string of the molecule is C=C(N)CCC[C@H](C)O. The summed E-state index contributed by atoms with van der Waals surface area (Å²) in [7, 11) is 0. The lowest BCUT2D eigenvalue weighted by molar-refractivity contribution is 0.181. The normalized spacial score (nSPS) is 13.1. The lowest BCUT2D eigenvalue weighted by Crippen LogP contribution is -2.01. The zero-order valence-electron chi connectivity index (χ0n) is 5.93. The molecule has 0 aromatic carbocycles. The molecule has 0 bridgehead atoms. The first-order chi connectivity index (χ1) is 4.13. The third kappa shape index (κ3) is 7.50. The summed E-state index contributed by atoms with van der Waals surface area (Å²) in [6.07, 6.45) is 2.37. The topological polar surface area (TPSA) is 46.2 Å². The first-order valence-electron chi connectivity index (χ1n) is 3.24. The molecule has 0 aromatic heterocycles. The van der Waals surface area contributed by atoms with E-state index in [0.717, 1.165) is 19.3 Å². The summed E-state index contributed by atoms with van der Waals surface area (Å²) in [6, 6.07) is 0. The molecule has 9 heavy (non-hydrogen) atoms. The average Bonchev–Trinajstić information content (AvgIpc) is 1.63. The largest absolute Gasteiger partial charge is 0.403 e. The van der Waals surface area contributed by atoms with Gasteiger partial charge in [-0.25, -0.2) is 0 Å².